The van der Waals surface area contributed by atoms with Gasteiger partial charge in [0.25, 0.3) is 0 Å². The predicted octanol–water partition coefficient (Wildman–Crippen LogP) is 0.445. The molecule has 0 fully saturated rings. The van der Waals surface area contributed by atoms with Gasteiger partial charge >= 0.3 is 5.97 Å². The van der Waals surface area contributed by atoms with E-state index in [1.54, 1.807) is 0 Å². The normalized spacial score (nSPS) is 23.2. The van der Waals surface area contributed by atoms with Crippen LogP contribution in [-0.4, -0.2) is 22.8 Å². The first-order chi connectivity index (χ1) is 5.11. The Bertz CT molecular complexity index is 199. The molecule has 1 atom stereocenters. The van der Waals surface area contributed by atoms with Gasteiger partial charge in [0.05, 0.1) is 0 Å². The van der Waals surface area contributed by atoms with Crippen LogP contribution in [0.4, 0.5) is 0 Å². The minimum atomic E-state index is -0.829. The van der Waals surface area contributed by atoms with Crippen LogP contribution in [0.1, 0.15) is 20.3 Å². The third-order valence-electron chi connectivity index (χ3n) is 1.74. The van der Waals surface area contributed by atoms with Crippen molar-refractivity contribution in [2.75, 3.05) is 0 Å². The van der Waals surface area contributed by atoms with Crippen molar-refractivity contribution in [1.29, 1.82) is 0 Å². The number of aliphatic carboxylic acids is 1. The zero-order valence-corrected chi connectivity index (χ0v) is 6.66. The highest BCUT2D eigenvalue weighted by atomic mass is 16.4. The van der Waals surface area contributed by atoms with Crippen molar-refractivity contribution in [2.45, 2.75) is 26.3 Å². The predicted molar refractivity (Wildman–Crippen MR) is 41.4 cm³/mol. The van der Waals surface area contributed by atoms with Gasteiger partial charge in [-0.25, -0.2) is 4.79 Å². The quantitative estimate of drug-likeness (QED) is 0.610. The van der Waals surface area contributed by atoms with E-state index in [0.29, 0.717) is 12.3 Å². The van der Waals surface area contributed by atoms with Crippen LogP contribution in [0, 0.1) is 5.92 Å². The summed E-state index contributed by atoms with van der Waals surface area (Å²) in [6.45, 7) is 4.01. The molecule has 0 spiro atoms. The molecule has 0 aromatic rings. The van der Waals surface area contributed by atoms with E-state index in [1.165, 1.54) is 0 Å². The molecule has 0 amide bonds. The fraction of sp³-hybridized carbons (Fsp3) is 0.714. The minimum absolute atomic E-state index is 0.340. The minimum Gasteiger partial charge on any atom is -0.480 e. The summed E-state index contributed by atoms with van der Waals surface area (Å²) in [6.07, 6.45) is 0.535. The molecule has 1 heterocycles. The summed E-state index contributed by atoms with van der Waals surface area (Å²) in [7, 11) is 0. The van der Waals surface area contributed by atoms with Crippen LogP contribution in [0.5, 0.6) is 0 Å². The second kappa shape index (κ2) is 2.90. The largest absolute Gasteiger partial charge is 0.480 e. The van der Waals surface area contributed by atoms with E-state index in [2.05, 4.69) is 10.5 Å². The lowest BCUT2D eigenvalue weighted by Crippen LogP contribution is -2.29. The van der Waals surface area contributed by atoms with Crippen molar-refractivity contribution in [3.05, 3.63) is 0 Å². The fourth-order valence-corrected chi connectivity index (χ4v) is 0.969. The highest BCUT2D eigenvalue weighted by molar-refractivity contribution is 5.92. The van der Waals surface area contributed by atoms with Crippen molar-refractivity contribution in [1.82, 2.24) is 5.43 Å². The Hall–Kier alpha value is -1.06. The van der Waals surface area contributed by atoms with Gasteiger partial charge in [-0.3, -0.25) is 5.43 Å². The van der Waals surface area contributed by atoms with Gasteiger partial charge < -0.3 is 5.11 Å². The molecule has 0 radical (unpaired) electrons. The first kappa shape index (κ1) is 8.04. The monoisotopic (exact) mass is 156 g/mol. The average molecular weight is 156 g/mol. The van der Waals surface area contributed by atoms with E-state index >= 15 is 0 Å². The van der Waals surface area contributed by atoms with Gasteiger partial charge in [0.2, 0.25) is 0 Å². The van der Waals surface area contributed by atoms with Gasteiger partial charge in [0, 0.05) is 12.1 Å². The second-order valence-electron chi connectivity index (χ2n) is 2.98. The number of carboxylic acid groups (broad SMARTS) is 1. The number of nitrogens with zero attached hydrogens (tertiary/aromatic N) is 1. The van der Waals surface area contributed by atoms with Crippen molar-refractivity contribution < 1.29 is 9.90 Å². The topological polar surface area (TPSA) is 61.7 Å². The average Bonchev–Trinajstić information content (AvgIpc) is 2.33. The zero-order valence-electron chi connectivity index (χ0n) is 6.66. The van der Waals surface area contributed by atoms with Crippen LogP contribution in [0.15, 0.2) is 5.10 Å². The SMILES string of the molecule is CC(C)C1=NNC(C(=O)O)C1. The smallest absolute Gasteiger partial charge is 0.328 e. The highest BCUT2D eigenvalue weighted by Crippen LogP contribution is 2.10. The van der Waals surface area contributed by atoms with Gasteiger partial charge in [-0.05, 0) is 5.92 Å². The molecule has 0 saturated carbocycles. The second-order valence-corrected chi connectivity index (χ2v) is 2.98. The molecule has 1 unspecified atom stereocenters. The summed E-state index contributed by atoms with van der Waals surface area (Å²) in [5.41, 5.74) is 3.52. The van der Waals surface area contributed by atoms with Crippen LogP contribution in [0.25, 0.3) is 0 Å². The zero-order chi connectivity index (χ0) is 8.43. The lowest BCUT2D eigenvalue weighted by Gasteiger charge is -2.03. The third kappa shape index (κ3) is 1.69. The van der Waals surface area contributed by atoms with Crippen molar-refractivity contribution in [3.8, 4) is 0 Å². The van der Waals surface area contributed by atoms with E-state index in [0.717, 1.165) is 5.71 Å². The number of nitrogens with one attached hydrogen (secondary N) is 1. The summed E-state index contributed by atoms with van der Waals surface area (Å²) in [5.74, 6) is -0.490. The fourth-order valence-electron chi connectivity index (χ4n) is 0.969. The van der Waals surface area contributed by atoms with Crippen molar-refractivity contribution >= 4 is 11.7 Å². The van der Waals surface area contributed by atoms with Crippen molar-refractivity contribution in [2.24, 2.45) is 11.0 Å². The number of rotatable bonds is 2. The summed E-state index contributed by atoms with van der Waals surface area (Å²) in [6, 6.07) is -0.507. The van der Waals surface area contributed by atoms with E-state index < -0.39 is 12.0 Å². The Labute approximate surface area is 65.3 Å². The summed E-state index contributed by atoms with van der Waals surface area (Å²) in [5, 5.41) is 12.5. The molecule has 0 aromatic carbocycles. The van der Waals surface area contributed by atoms with Crippen LogP contribution in [0.2, 0.25) is 0 Å². The number of hydrogen-bond acceptors (Lipinski definition) is 3. The molecule has 0 bridgehead atoms. The molecule has 0 aromatic heterocycles. The molecular formula is C7H12N2O2. The van der Waals surface area contributed by atoms with Gasteiger partial charge in [-0.2, -0.15) is 5.10 Å². The molecule has 2 N–H and O–H groups in total. The molecular weight excluding hydrogens is 144 g/mol. The molecule has 1 rings (SSSR count). The molecule has 4 heteroatoms. The van der Waals surface area contributed by atoms with Gasteiger partial charge in [0.1, 0.15) is 6.04 Å². The maximum Gasteiger partial charge on any atom is 0.328 e. The molecule has 11 heavy (non-hydrogen) atoms. The van der Waals surface area contributed by atoms with Crippen molar-refractivity contribution in [3.63, 3.8) is 0 Å². The van der Waals surface area contributed by atoms with E-state index in [4.69, 9.17) is 5.11 Å². The summed E-state index contributed by atoms with van der Waals surface area (Å²) in [4.78, 5) is 10.4. The molecule has 1 aliphatic rings. The Balaban J connectivity index is 2.49. The van der Waals surface area contributed by atoms with Gasteiger partial charge in [0.15, 0.2) is 0 Å². The van der Waals surface area contributed by atoms with E-state index in [-0.39, 0.29) is 0 Å². The Kier molecular flexibility index (Phi) is 2.12. The maximum atomic E-state index is 10.4. The standard InChI is InChI=1S/C7H12N2O2/c1-4(2)5-3-6(7(10)11)9-8-5/h4,6,9H,3H2,1-2H3,(H,10,11). The first-order valence-electron chi connectivity index (χ1n) is 3.66. The lowest BCUT2D eigenvalue weighted by atomic mass is 10.0. The third-order valence-corrected chi connectivity index (χ3v) is 1.74. The Morgan fingerprint density at radius 1 is 1.82 bits per heavy atom. The van der Waals surface area contributed by atoms with Crippen LogP contribution in [0.3, 0.4) is 0 Å². The number of carboxylic acids is 1. The highest BCUT2D eigenvalue weighted by Gasteiger charge is 2.25. The molecule has 0 saturated heterocycles. The molecule has 62 valence electrons. The summed E-state index contributed by atoms with van der Waals surface area (Å²) >= 11 is 0. The maximum absolute atomic E-state index is 10.4. The molecule has 4 nitrogen and oxygen atoms in total. The van der Waals surface area contributed by atoms with Crippen LogP contribution >= 0.6 is 0 Å². The number of carbonyl (C=O) groups is 1. The van der Waals surface area contributed by atoms with Crippen LogP contribution < -0.4 is 5.43 Å². The van der Waals surface area contributed by atoms with Crippen LogP contribution in [-0.2, 0) is 4.79 Å². The van der Waals surface area contributed by atoms with E-state index in [1.807, 2.05) is 13.8 Å². The number of hydrogen-bond donors (Lipinski definition) is 2. The lowest BCUT2D eigenvalue weighted by molar-refractivity contribution is -0.139. The molecule has 1 aliphatic heterocycles. The summed E-state index contributed by atoms with van der Waals surface area (Å²) < 4.78 is 0. The van der Waals surface area contributed by atoms with E-state index in [9.17, 15) is 4.79 Å². The number of hydrazone groups is 1. The molecule has 0 aliphatic carbocycles. The van der Waals surface area contributed by atoms with Gasteiger partial charge in [-0.15, -0.1) is 0 Å². The van der Waals surface area contributed by atoms with Gasteiger partial charge in [-0.1, -0.05) is 13.8 Å². The Morgan fingerprint density at radius 3 is 2.73 bits per heavy atom. The Morgan fingerprint density at radius 2 is 2.45 bits per heavy atom. The first-order valence-corrected chi connectivity index (χ1v) is 3.66.